The Morgan fingerprint density at radius 2 is 1.17 bits per heavy atom. The highest BCUT2D eigenvalue weighted by Gasteiger charge is 2.18. The van der Waals surface area contributed by atoms with Crippen LogP contribution in [0.3, 0.4) is 0 Å². The number of carbonyl (C=O) groups is 2. The predicted octanol–water partition coefficient (Wildman–Crippen LogP) is 5.99. The molecular weight excluding hydrogens is 452 g/mol. The highest BCUT2D eigenvalue weighted by Crippen LogP contribution is 2.37. The van der Waals surface area contributed by atoms with Crippen LogP contribution in [0.1, 0.15) is 31.8 Å². The maximum Gasteiger partial charge on any atom is 0.256 e. The second-order valence-corrected chi connectivity index (χ2v) is 8.17. The van der Waals surface area contributed by atoms with E-state index in [4.69, 9.17) is 9.47 Å². The number of anilines is 2. The van der Waals surface area contributed by atoms with Gasteiger partial charge >= 0.3 is 0 Å². The highest BCUT2D eigenvalue weighted by molar-refractivity contribution is 6.08. The van der Waals surface area contributed by atoms with Crippen molar-refractivity contribution in [1.82, 2.24) is 0 Å². The Morgan fingerprint density at radius 3 is 1.78 bits per heavy atom. The number of rotatable bonds is 9. The zero-order valence-corrected chi connectivity index (χ0v) is 20.3. The Balaban J connectivity index is 1.55. The summed E-state index contributed by atoms with van der Waals surface area (Å²) in [6, 6.07) is 29.9. The number of hydrogen-bond acceptors (Lipinski definition) is 4. The van der Waals surface area contributed by atoms with Crippen LogP contribution in [0.15, 0.2) is 97.1 Å². The summed E-state index contributed by atoms with van der Waals surface area (Å²) in [5, 5.41) is 5.80. The quantitative estimate of drug-likeness (QED) is 0.308. The largest absolute Gasteiger partial charge is 0.494 e. The molecule has 4 aromatic rings. The summed E-state index contributed by atoms with van der Waals surface area (Å²) in [7, 11) is 3.01. The third-order valence-corrected chi connectivity index (χ3v) is 5.84. The number of methoxy groups -OCH3 is 2. The lowest BCUT2D eigenvalue weighted by molar-refractivity contribution is 0.101. The molecule has 0 aliphatic heterocycles. The average molecular weight is 481 g/mol. The van der Waals surface area contributed by atoms with Crippen LogP contribution in [0.4, 0.5) is 11.4 Å². The summed E-state index contributed by atoms with van der Waals surface area (Å²) in [6.07, 6.45) is 1.57. The first-order chi connectivity index (χ1) is 17.6. The molecule has 0 aromatic heterocycles. The molecule has 0 heterocycles. The zero-order valence-electron chi connectivity index (χ0n) is 20.3. The van der Waals surface area contributed by atoms with E-state index < -0.39 is 0 Å². The van der Waals surface area contributed by atoms with Gasteiger partial charge in [0.25, 0.3) is 11.8 Å². The zero-order chi connectivity index (χ0) is 25.3. The fourth-order valence-corrected chi connectivity index (χ4v) is 3.95. The van der Waals surface area contributed by atoms with Crippen molar-refractivity contribution in [3.63, 3.8) is 0 Å². The van der Waals surface area contributed by atoms with Gasteiger partial charge in [-0.25, -0.2) is 0 Å². The molecule has 6 heteroatoms. The van der Waals surface area contributed by atoms with E-state index >= 15 is 0 Å². The van der Waals surface area contributed by atoms with Crippen LogP contribution in [-0.2, 0) is 12.8 Å². The second kappa shape index (κ2) is 11.7. The van der Waals surface area contributed by atoms with Crippen molar-refractivity contribution in [2.45, 2.75) is 12.8 Å². The maximum absolute atomic E-state index is 13.3. The molecule has 0 saturated carbocycles. The fraction of sp³-hybridized carbons (Fsp3) is 0.133. The first-order valence-corrected chi connectivity index (χ1v) is 11.6. The van der Waals surface area contributed by atoms with Gasteiger partial charge in [0.2, 0.25) is 0 Å². The van der Waals surface area contributed by atoms with Crippen molar-refractivity contribution in [3.05, 3.63) is 119 Å². The van der Waals surface area contributed by atoms with E-state index in [0.29, 0.717) is 34.0 Å². The molecule has 0 spiro atoms. The van der Waals surface area contributed by atoms with Gasteiger partial charge in [-0.3, -0.25) is 9.59 Å². The molecule has 0 aliphatic carbocycles. The molecule has 182 valence electrons. The average Bonchev–Trinajstić information content (AvgIpc) is 2.93. The van der Waals surface area contributed by atoms with Crippen LogP contribution in [0.2, 0.25) is 0 Å². The van der Waals surface area contributed by atoms with Crippen molar-refractivity contribution in [2.75, 3.05) is 24.9 Å². The topological polar surface area (TPSA) is 76.7 Å². The smallest absolute Gasteiger partial charge is 0.256 e. The van der Waals surface area contributed by atoms with Crippen molar-refractivity contribution in [3.8, 4) is 11.5 Å². The van der Waals surface area contributed by atoms with Crippen LogP contribution in [0, 0.1) is 0 Å². The van der Waals surface area contributed by atoms with Crippen molar-refractivity contribution in [1.29, 1.82) is 0 Å². The normalized spacial score (nSPS) is 10.4. The van der Waals surface area contributed by atoms with Gasteiger partial charge in [0.1, 0.15) is 11.5 Å². The number of benzene rings is 4. The molecule has 4 aromatic carbocycles. The van der Waals surface area contributed by atoms with Gasteiger partial charge in [0.15, 0.2) is 0 Å². The van der Waals surface area contributed by atoms with Crippen molar-refractivity contribution >= 4 is 23.2 Å². The van der Waals surface area contributed by atoms with E-state index in [9.17, 15) is 9.59 Å². The number of nitrogens with one attached hydrogen (secondary N) is 2. The predicted molar refractivity (Wildman–Crippen MR) is 142 cm³/mol. The Bertz CT molecular complexity index is 1340. The van der Waals surface area contributed by atoms with Gasteiger partial charge < -0.3 is 20.1 Å². The Morgan fingerprint density at radius 1 is 0.639 bits per heavy atom. The fourth-order valence-electron chi connectivity index (χ4n) is 3.95. The Labute approximate surface area is 210 Å². The molecule has 36 heavy (non-hydrogen) atoms. The van der Waals surface area contributed by atoms with E-state index in [1.807, 2.05) is 48.5 Å². The summed E-state index contributed by atoms with van der Waals surface area (Å²) in [5.74, 6) is 0.266. The van der Waals surface area contributed by atoms with E-state index in [0.717, 1.165) is 18.4 Å². The summed E-state index contributed by atoms with van der Waals surface area (Å²) >= 11 is 0. The third-order valence-electron chi connectivity index (χ3n) is 5.84. The second-order valence-electron chi connectivity index (χ2n) is 8.17. The lowest BCUT2D eigenvalue weighted by Gasteiger charge is -2.17. The van der Waals surface area contributed by atoms with E-state index in [2.05, 4.69) is 22.8 Å². The van der Waals surface area contributed by atoms with Gasteiger partial charge in [-0.15, -0.1) is 0 Å². The van der Waals surface area contributed by atoms with E-state index in [1.165, 1.54) is 19.8 Å². The molecule has 0 aliphatic rings. The minimum absolute atomic E-state index is 0.250. The van der Waals surface area contributed by atoms with Crippen LogP contribution in [-0.4, -0.2) is 26.0 Å². The lowest BCUT2D eigenvalue weighted by Crippen LogP contribution is -2.16. The summed E-state index contributed by atoms with van der Waals surface area (Å²) in [4.78, 5) is 25.9. The lowest BCUT2D eigenvalue weighted by atomic mass is 9.99. The standard InChI is InChI=1S/C30H28N2O4/c1-35-27-20-26(28(36-2)19-25(27)31-29(33)23-14-7-4-8-15-23)32-30(34)24-16-10-9-13-22(24)18-17-21-11-5-3-6-12-21/h3-16,19-20H,17-18H2,1-2H3,(H,31,33)(H,32,34). The molecule has 2 N–H and O–H groups in total. The van der Waals surface area contributed by atoms with Gasteiger partial charge in [0.05, 0.1) is 25.6 Å². The molecule has 0 saturated heterocycles. The third kappa shape index (κ3) is 5.91. The van der Waals surface area contributed by atoms with Crippen LogP contribution < -0.4 is 20.1 Å². The van der Waals surface area contributed by atoms with Crippen LogP contribution >= 0.6 is 0 Å². The summed E-state index contributed by atoms with van der Waals surface area (Å²) in [6.45, 7) is 0. The Hall–Kier alpha value is -4.58. The number of hydrogen-bond donors (Lipinski definition) is 2. The monoisotopic (exact) mass is 480 g/mol. The van der Waals surface area contributed by atoms with Gasteiger partial charge in [-0.2, -0.15) is 0 Å². The number of aryl methyl sites for hydroxylation is 2. The first kappa shape index (κ1) is 24.5. The minimum Gasteiger partial charge on any atom is -0.494 e. The molecule has 2 amide bonds. The molecule has 0 atom stereocenters. The van der Waals surface area contributed by atoms with Crippen LogP contribution in [0.25, 0.3) is 0 Å². The van der Waals surface area contributed by atoms with Crippen molar-refractivity contribution in [2.24, 2.45) is 0 Å². The Kier molecular flexibility index (Phi) is 7.98. The summed E-state index contributed by atoms with van der Waals surface area (Å²) in [5.41, 5.74) is 4.15. The molecule has 0 radical (unpaired) electrons. The van der Waals surface area contributed by atoms with Crippen LogP contribution in [0.5, 0.6) is 11.5 Å². The van der Waals surface area contributed by atoms with Crippen molar-refractivity contribution < 1.29 is 19.1 Å². The molecule has 6 nitrogen and oxygen atoms in total. The first-order valence-electron chi connectivity index (χ1n) is 11.6. The number of carbonyl (C=O) groups excluding carboxylic acids is 2. The van der Waals surface area contributed by atoms with E-state index in [1.54, 1.807) is 36.4 Å². The SMILES string of the molecule is COc1cc(NC(=O)c2ccccc2CCc2ccccc2)c(OC)cc1NC(=O)c1ccccc1. The van der Waals surface area contributed by atoms with Gasteiger partial charge in [-0.05, 0) is 42.2 Å². The van der Waals surface area contributed by atoms with Gasteiger partial charge in [-0.1, -0.05) is 66.7 Å². The molecule has 0 bridgehead atoms. The highest BCUT2D eigenvalue weighted by atomic mass is 16.5. The molecule has 4 rings (SSSR count). The van der Waals surface area contributed by atoms with E-state index in [-0.39, 0.29) is 11.8 Å². The molecule has 0 fully saturated rings. The maximum atomic E-state index is 13.3. The minimum atomic E-state index is -0.278. The van der Waals surface area contributed by atoms with Gasteiger partial charge in [0, 0.05) is 23.3 Å². The number of amides is 2. The molecule has 0 unspecified atom stereocenters. The summed E-state index contributed by atoms with van der Waals surface area (Å²) < 4.78 is 11.0. The molecular formula is C30H28N2O4. The number of ether oxygens (including phenoxy) is 2.